The summed E-state index contributed by atoms with van der Waals surface area (Å²) in [7, 11) is 1.56. The number of nitrogens with zero attached hydrogens (tertiary/aromatic N) is 1. The van der Waals surface area contributed by atoms with Crippen LogP contribution in [0.25, 0.3) is 0 Å². The summed E-state index contributed by atoms with van der Waals surface area (Å²) < 4.78 is 5.18. The van der Waals surface area contributed by atoms with Gasteiger partial charge in [0.05, 0.1) is 7.11 Å². The van der Waals surface area contributed by atoms with Crippen LogP contribution in [0.3, 0.4) is 0 Å². The monoisotopic (exact) mass is 326 g/mol. The van der Waals surface area contributed by atoms with E-state index in [1.54, 1.807) is 31.4 Å². The molecule has 0 unspecified atom stereocenters. The maximum absolute atomic E-state index is 12.4. The third-order valence-electron chi connectivity index (χ3n) is 3.72. The van der Waals surface area contributed by atoms with Crippen molar-refractivity contribution >= 4 is 23.2 Å². The Morgan fingerprint density at radius 1 is 1.12 bits per heavy atom. The van der Waals surface area contributed by atoms with Crippen LogP contribution in [-0.4, -0.2) is 25.5 Å². The molecule has 0 saturated carbocycles. The lowest BCUT2D eigenvalue weighted by Crippen LogP contribution is -2.36. The second-order valence-electron chi connectivity index (χ2n) is 5.37. The normalized spacial score (nSPS) is 10.1. The molecule has 24 heavy (non-hydrogen) atoms. The van der Waals surface area contributed by atoms with Gasteiger partial charge in [-0.15, -0.1) is 0 Å². The second-order valence-corrected chi connectivity index (χ2v) is 5.37. The topological polar surface area (TPSA) is 58.6 Å². The zero-order chi connectivity index (χ0) is 17.5. The Hall–Kier alpha value is -2.82. The molecule has 0 heterocycles. The van der Waals surface area contributed by atoms with E-state index in [4.69, 9.17) is 4.74 Å². The molecule has 0 aliphatic heterocycles. The van der Waals surface area contributed by atoms with Crippen LogP contribution in [0.2, 0.25) is 0 Å². The summed E-state index contributed by atoms with van der Waals surface area (Å²) >= 11 is 0. The summed E-state index contributed by atoms with van der Waals surface area (Å²) in [5.41, 5.74) is 2.46. The van der Waals surface area contributed by atoms with Gasteiger partial charge in [-0.05, 0) is 30.2 Å². The molecule has 0 saturated heterocycles. The number of anilines is 2. The zero-order valence-electron chi connectivity index (χ0n) is 14.2. The standard InChI is InChI=1S/C19H22N2O3/c1-4-15-8-5-6-11-18(15)20-19(23)13-21(14(2)22)16-9-7-10-17(12-16)24-3/h5-12H,4,13H2,1-3H3,(H,20,23). The van der Waals surface area contributed by atoms with Crippen molar-refractivity contribution in [3.63, 3.8) is 0 Å². The molecule has 0 spiro atoms. The number of benzene rings is 2. The van der Waals surface area contributed by atoms with Crippen LogP contribution in [0, 0.1) is 0 Å². The highest BCUT2D eigenvalue weighted by atomic mass is 16.5. The predicted molar refractivity (Wildman–Crippen MR) is 95.5 cm³/mol. The first-order chi connectivity index (χ1) is 11.5. The van der Waals surface area contributed by atoms with Crippen molar-refractivity contribution in [3.05, 3.63) is 54.1 Å². The van der Waals surface area contributed by atoms with E-state index in [0.29, 0.717) is 11.4 Å². The molecule has 1 N–H and O–H groups in total. The highest BCUT2D eigenvalue weighted by Gasteiger charge is 2.17. The minimum absolute atomic E-state index is 0.0550. The third kappa shape index (κ3) is 4.35. The number of aryl methyl sites for hydroxylation is 1. The van der Waals surface area contributed by atoms with Crippen LogP contribution in [0.1, 0.15) is 19.4 Å². The molecule has 0 fully saturated rings. The summed E-state index contributed by atoms with van der Waals surface area (Å²) in [5.74, 6) is 0.187. The van der Waals surface area contributed by atoms with Crippen LogP contribution >= 0.6 is 0 Å². The van der Waals surface area contributed by atoms with Crippen LogP contribution in [0.4, 0.5) is 11.4 Å². The molecule has 0 radical (unpaired) electrons. The predicted octanol–water partition coefficient (Wildman–Crippen LogP) is 3.25. The van der Waals surface area contributed by atoms with Crippen molar-refractivity contribution in [2.45, 2.75) is 20.3 Å². The maximum Gasteiger partial charge on any atom is 0.244 e. The molecule has 5 nitrogen and oxygen atoms in total. The van der Waals surface area contributed by atoms with E-state index in [1.165, 1.54) is 11.8 Å². The van der Waals surface area contributed by atoms with Gasteiger partial charge in [-0.25, -0.2) is 0 Å². The maximum atomic E-state index is 12.4. The van der Waals surface area contributed by atoms with Crippen molar-refractivity contribution in [2.24, 2.45) is 0 Å². The third-order valence-corrected chi connectivity index (χ3v) is 3.72. The molecular weight excluding hydrogens is 304 g/mol. The van der Waals surface area contributed by atoms with Gasteiger partial charge < -0.3 is 15.0 Å². The van der Waals surface area contributed by atoms with E-state index in [1.807, 2.05) is 31.2 Å². The summed E-state index contributed by atoms with van der Waals surface area (Å²) in [5, 5.41) is 2.88. The second kappa shape index (κ2) is 8.15. The van der Waals surface area contributed by atoms with Gasteiger partial charge in [-0.3, -0.25) is 9.59 Å². The number of rotatable bonds is 6. The molecule has 0 aromatic heterocycles. The summed E-state index contributed by atoms with van der Waals surface area (Å²) in [4.78, 5) is 25.8. The van der Waals surface area contributed by atoms with Crippen molar-refractivity contribution in [1.82, 2.24) is 0 Å². The highest BCUT2D eigenvalue weighted by molar-refractivity contribution is 6.02. The molecule has 2 aromatic carbocycles. The van der Waals surface area contributed by atoms with E-state index < -0.39 is 0 Å². The fourth-order valence-corrected chi connectivity index (χ4v) is 2.45. The van der Waals surface area contributed by atoms with Gasteiger partial charge in [0.25, 0.3) is 0 Å². The van der Waals surface area contributed by atoms with E-state index >= 15 is 0 Å². The van der Waals surface area contributed by atoms with E-state index in [0.717, 1.165) is 17.7 Å². The van der Waals surface area contributed by atoms with E-state index in [9.17, 15) is 9.59 Å². The lowest BCUT2D eigenvalue weighted by atomic mass is 10.1. The molecule has 0 bridgehead atoms. The Bertz CT molecular complexity index is 728. The molecule has 2 amide bonds. The smallest absolute Gasteiger partial charge is 0.244 e. The van der Waals surface area contributed by atoms with Gasteiger partial charge in [0.2, 0.25) is 11.8 Å². The Morgan fingerprint density at radius 2 is 1.88 bits per heavy atom. The summed E-state index contributed by atoms with van der Waals surface area (Å²) in [6, 6.07) is 14.7. The molecule has 2 rings (SSSR count). The zero-order valence-corrected chi connectivity index (χ0v) is 14.2. The number of carbonyl (C=O) groups is 2. The number of hydrogen-bond donors (Lipinski definition) is 1. The Labute approximate surface area is 142 Å². The fraction of sp³-hybridized carbons (Fsp3) is 0.263. The van der Waals surface area contributed by atoms with Gasteiger partial charge in [0, 0.05) is 24.4 Å². The van der Waals surface area contributed by atoms with Crippen LogP contribution in [-0.2, 0) is 16.0 Å². The fourth-order valence-electron chi connectivity index (χ4n) is 2.45. The number of nitrogens with one attached hydrogen (secondary N) is 1. The van der Waals surface area contributed by atoms with Crippen LogP contribution in [0.15, 0.2) is 48.5 Å². The minimum atomic E-state index is -0.242. The van der Waals surface area contributed by atoms with E-state index in [2.05, 4.69) is 5.32 Å². The van der Waals surface area contributed by atoms with Gasteiger partial charge in [-0.2, -0.15) is 0 Å². The first-order valence-electron chi connectivity index (χ1n) is 7.85. The van der Waals surface area contributed by atoms with Crippen LogP contribution < -0.4 is 15.0 Å². The number of para-hydroxylation sites is 1. The SMILES string of the molecule is CCc1ccccc1NC(=O)CN(C(C)=O)c1cccc(OC)c1. The molecule has 0 aliphatic carbocycles. The summed E-state index contributed by atoms with van der Waals surface area (Å²) in [6.45, 7) is 3.41. The van der Waals surface area contributed by atoms with Gasteiger partial charge in [0.15, 0.2) is 0 Å². The lowest BCUT2D eigenvalue weighted by molar-refractivity contribution is -0.120. The first-order valence-corrected chi connectivity index (χ1v) is 7.85. The molecule has 0 aliphatic rings. The number of methoxy groups -OCH3 is 1. The van der Waals surface area contributed by atoms with E-state index in [-0.39, 0.29) is 18.4 Å². The Balaban J connectivity index is 2.15. The average Bonchev–Trinajstić information content (AvgIpc) is 2.60. The number of carbonyl (C=O) groups excluding carboxylic acids is 2. The highest BCUT2D eigenvalue weighted by Crippen LogP contribution is 2.21. The first kappa shape index (κ1) is 17.5. The van der Waals surface area contributed by atoms with Crippen LogP contribution in [0.5, 0.6) is 5.75 Å². The van der Waals surface area contributed by atoms with Crippen molar-refractivity contribution < 1.29 is 14.3 Å². The number of ether oxygens (including phenoxy) is 1. The van der Waals surface area contributed by atoms with Gasteiger partial charge >= 0.3 is 0 Å². The molecule has 2 aromatic rings. The average molecular weight is 326 g/mol. The van der Waals surface area contributed by atoms with Gasteiger partial charge in [0.1, 0.15) is 12.3 Å². The molecule has 126 valence electrons. The Kier molecular flexibility index (Phi) is 5.95. The number of amides is 2. The van der Waals surface area contributed by atoms with Gasteiger partial charge in [-0.1, -0.05) is 31.2 Å². The Morgan fingerprint density at radius 3 is 2.54 bits per heavy atom. The summed E-state index contributed by atoms with van der Waals surface area (Å²) in [6.07, 6.45) is 0.822. The quantitative estimate of drug-likeness (QED) is 0.886. The molecular formula is C19H22N2O3. The molecule has 5 heteroatoms. The lowest BCUT2D eigenvalue weighted by Gasteiger charge is -2.21. The van der Waals surface area contributed by atoms with Crippen molar-refractivity contribution in [3.8, 4) is 5.75 Å². The van der Waals surface area contributed by atoms with Crippen molar-refractivity contribution in [2.75, 3.05) is 23.9 Å². The largest absolute Gasteiger partial charge is 0.497 e. The molecule has 0 atom stereocenters. The number of hydrogen-bond acceptors (Lipinski definition) is 3. The minimum Gasteiger partial charge on any atom is -0.497 e. The van der Waals surface area contributed by atoms with Crippen molar-refractivity contribution in [1.29, 1.82) is 0 Å².